The molecule has 0 aliphatic rings. The highest BCUT2D eigenvalue weighted by Gasteiger charge is 2.36. The zero-order valence-corrected chi connectivity index (χ0v) is 18.5. The highest BCUT2D eigenvalue weighted by molar-refractivity contribution is 9.10. The lowest BCUT2D eigenvalue weighted by Gasteiger charge is -2.32. The van der Waals surface area contributed by atoms with Crippen LogP contribution < -0.4 is 0 Å². The highest BCUT2D eigenvalue weighted by Crippen LogP contribution is 2.45. The third-order valence-corrected chi connectivity index (χ3v) is 6.98. The lowest BCUT2D eigenvalue weighted by molar-refractivity contribution is 0.126. The average molecular weight is 471 g/mol. The summed E-state index contributed by atoms with van der Waals surface area (Å²) in [6.07, 6.45) is 0. The van der Waals surface area contributed by atoms with Crippen molar-refractivity contribution in [1.82, 2.24) is 0 Å². The van der Waals surface area contributed by atoms with Crippen molar-refractivity contribution in [3.8, 4) is 11.1 Å². The van der Waals surface area contributed by atoms with Crippen LogP contribution in [0.1, 0.15) is 16.7 Å². The zero-order valence-electron chi connectivity index (χ0n) is 16.1. The van der Waals surface area contributed by atoms with Gasteiger partial charge in [-0.2, -0.15) is 0 Å². The van der Waals surface area contributed by atoms with Gasteiger partial charge in [0.25, 0.3) is 0 Å². The van der Waals surface area contributed by atoms with Crippen LogP contribution in [0.25, 0.3) is 21.2 Å². The van der Waals surface area contributed by atoms with E-state index in [2.05, 4.69) is 51.6 Å². The molecule has 0 atom stereocenters. The van der Waals surface area contributed by atoms with Gasteiger partial charge in [-0.3, -0.25) is 0 Å². The minimum atomic E-state index is -1.29. The van der Waals surface area contributed by atoms with Crippen molar-refractivity contribution in [3.05, 3.63) is 130 Å². The minimum absolute atomic E-state index is 0.843. The summed E-state index contributed by atoms with van der Waals surface area (Å²) in [6.45, 7) is 0. The molecular formula is C27H19BrOS. The van der Waals surface area contributed by atoms with E-state index in [9.17, 15) is 5.11 Å². The van der Waals surface area contributed by atoms with Crippen LogP contribution in [0.4, 0.5) is 0 Å². The summed E-state index contributed by atoms with van der Waals surface area (Å²) >= 11 is 5.37. The van der Waals surface area contributed by atoms with E-state index in [1.807, 2.05) is 72.8 Å². The van der Waals surface area contributed by atoms with Gasteiger partial charge in [-0.15, -0.1) is 11.3 Å². The fourth-order valence-corrected chi connectivity index (χ4v) is 5.40. The Bertz CT molecular complexity index is 1270. The Balaban J connectivity index is 1.84. The maximum absolute atomic E-state index is 12.4. The van der Waals surface area contributed by atoms with E-state index in [0.29, 0.717) is 0 Å². The van der Waals surface area contributed by atoms with Gasteiger partial charge in [-0.1, -0.05) is 101 Å². The third kappa shape index (κ3) is 3.20. The van der Waals surface area contributed by atoms with Crippen LogP contribution in [0.5, 0.6) is 0 Å². The molecule has 0 fully saturated rings. The molecule has 0 aliphatic heterocycles. The Labute approximate surface area is 188 Å². The van der Waals surface area contributed by atoms with Gasteiger partial charge >= 0.3 is 0 Å². The lowest BCUT2D eigenvalue weighted by atomic mass is 9.77. The van der Waals surface area contributed by atoms with Crippen molar-refractivity contribution in [2.75, 3.05) is 0 Å². The molecule has 0 aliphatic carbocycles. The molecule has 0 amide bonds. The second kappa shape index (κ2) is 7.84. The van der Waals surface area contributed by atoms with E-state index < -0.39 is 5.60 Å². The summed E-state index contributed by atoms with van der Waals surface area (Å²) in [6, 6.07) is 34.4. The molecule has 0 unspecified atom stereocenters. The van der Waals surface area contributed by atoms with Crippen LogP contribution in [-0.4, -0.2) is 5.11 Å². The Hall–Kier alpha value is -2.72. The SMILES string of the molecule is OC(c1ccccc1)(c1ccccc1)c1cc(Br)ccc1-c1csc2ccccc12. The number of rotatable bonds is 4. The number of halogens is 1. The van der Waals surface area contributed by atoms with Gasteiger partial charge < -0.3 is 5.11 Å². The zero-order chi connectivity index (χ0) is 20.6. The maximum atomic E-state index is 12.4. The first-order valence-corrected chi connectivity index (χ1v) is 11.5. The van der Waals surface area contributed by atoms with Crippen molar-refractivity contribution >= 4 is 37.4 Å². The van der Waals surface area contributed by atoms with Crippen LogP contribution in [-0.2, 0) is 5.60 Å². The van der Waals surface area contributed by atoms with Gasteiger partial charge in [-0.25, -0.2) is 0 Å². The molecule has 1 nitrogen and oxygen atoms in total. The summed E-state index contributed by atoms with van der Waals surface area (Å²) in [4.78, 5) is 0. The van der Waals surface area contributed by atoms with Gasteiger partial charge in [0.15, 0.2) is 0 Å². The molecule has 3 heteroatoms. The predicted octanol–water partition coefficient (Wildman–Crippen LogP) is 7.62. The topological polar surface area (TPSA) is 20.2 Å². The Kier molecular flexibility index (Phi) is 5.03. The smallest absolute Gasteiger partial charge is 0.141 e. The Morgan fingerprint density at radius 3 is 1.93 bits per heavy atom. The van der Waals surface area contributed by atoms with Crippen molar-refractivity contribution in [2.45, 2.75) is 5.60 Å². The fraction of sp³-hybridized carbons (Fsp3) is 0.0370. The van der Waals surface area contributed by atoms with Gasteiger partial charge in [0.05, 0.1) is 0 Å². The molecule has 0 saturated carbocycles. The van der Waals surface area contributed by atoms with Crippen LogP contribution in [0, 0.1) is 0 Å². The summed E-state index contributed by atoms with van der Waals surface area (Å²) in [5, 5.41) is 15.8. The van der Waals surface area contributed by atoms with Gasteiger partial charge in [0, 0.05) is 25.7 Å². The normalized spacial score (nSPS) is 11.7. The molecule has 4 aromatic carbocycles. The van der Waals surface area contributed by atoms with Crippen molar-refractivity contribution < 1.29 is 5.11 Å². The van der Waals surface area contributed by atoms with E-state index in [1.54, 1.807) is 11.3 Å². The minimum Gasteiger partial charge on any atom is -0.376 e. The average Bonchev–Trinajstić information content (AvgIpc) is 3.24. The second-order valence-corrected chi connectivity index (χ2v) is 9.10. The summed E-state index contributed by atoms with van der Waals surface area (Å²) in [7, 11) is 0. The molecule has 0 spiro atoms. The molecule has 5 aromatic rings. The molecule has 1 heterocycles. The quantitative estimate of drug-likeness (QED) is 0.268. The summed E-state index contributed by atoms with van der Waals surface area (Å²) in [5.41, 5.74) is 3.43. The van der Waals surface area contributed by atoms with Crippen molar-refractivity contribution in [1.29, 1.82) is 0 Å². The summed E-state index contributed by atoms with van der Waals surface area (Å²) in [5.74, 6) is 0. The van der Waals surface area contributed by atoms with E-state index in [0.717, 1.165) is 32.3 Å². The molecule has 30 heavy (non-hydrogen) atoms. The fourth-order valence-electron chi connectivity index (χ4n) is 4.07. The number of hydrogen-bond donors (Lipinski definition) is 1. The maximum Gasteiger partial charge on any atom is 0.141 e. The van der Waals surface area contributed by atoms with E-state index in [1.165, 1.54) is 10.1 Å². The molecule has 1 N–H and O–H groups in total. The number of fused-ring (bicyclic) bond motifs is 1. The predicted molar refractivity (Wildman–Crippen MR) is 130 cm³/mol. The van der Waals surface area contributed by atoms with Crippen LogP contribution >= 0.6 is 27.3 Å². The first kappa shape index (κ1) is 19.3. The first-order valence-electron chi connectivity index (χ1n) is 9.78. The molecule has 1 aromatic heterocycles. The highest BCUT2D eigenvalue weighted by atomic mass is 79.9. The number of thiophene rings is 1. The van der Waals surface area contributed by atoms with Crippen molar-refractivity contribution in [3.63, 3.8) is 0 Å². The summed E-state index contributed by atoms with van der Waals surface area (Å²) < 4.78 is 2.18. The van der Waals surface area contributed by atoms with Crippen molar-refractivity contribution in [2.24, 2.45) is 0 Å². The van der Waals surface area contributed by atoms with E-state index >= 15 is 0 Å². The van der Waals surface area contributed by atoms with Gasteiger partial charge in [0.2, 0.25) is 0 Å². The number of aliphatic hydroxyl groups is 1. The number of benzene rings is 4. The van der Waals surface area contributed by atoms with Gasteiger partial charge in [-0.05, 0) is 40.3 Å². The Morgan fingerprint density at radius 1 is 0.667 bits per heavy atom. The largest absolute Gasteiger partial charge is 0.376 e. The molecule has 5 rings (SSSR count). The third-order valence-electron chi connectivity index (χ3n) is 5.53. The van der Waals surface area contributed by atoms with Crippen LogP contribution in [0.3, 0.4) is 0 Å². The Morgan fingerprint density at radius 2 is 1.27 bits per heavy atom. The van der Waals surface area contributed by atoms with E-state index in [4.69, 9.17) is 0 Å². The van der Waals surface area contributed by atoms with Crippen LogP contribution in [0.2, 0.25) is 0 Å². The molecule has 0 saturated heterocycles. The first-order chi connectivity index (χ1) is 14.7. The lowest BCUT2D eigenvalue weighted by Crippen LogP contribution is -2.29. The van der Waals surface area contributed by atoms with E-state index in [-0.39, 0.29) is 0 Å². The standard InChI is InChI=1S/C27H19BrOS/c28-21-15-16-22(24-18-30-26-14-8-7-13-23(24)26)25(17-21)27(29,19-9-3-1-4-10-19)20-11-5-2-6-12-20/h1-18,29H. The van der Waals surface area contributed by atoms with Gasteiger partial charge in [0.1, 0.15) is 5.60 Å². The molecule has 0 bridgehead atoms. The molecular weight excluding hydrogens is 452 g/mol. The molecule has 0 radical (unpaired) electrons. The number of hydrogen-bond acceptors (Lipinski definition) is 2. The molecule has 146 valence electrons. The second-order valence-electron chi connectivity index (χ2n) is 7.28. The van der Waals surface area contributed by atoms with Crippen LogP contribution in [0.15, 0.2) is 113 Å². The monoisotopic (exact) mass is 470 g/mol.